The zero-order valence-electron chi connectivity index (χ0n) is 9.19. The summed E-state index contributed by atoms with van der Waals surface area (Å²) in [7, 11) is 0. The normalized spacial score (nSPS) is 9.47. The Bertz CT molecular complexity index is 402. The van der Waals surface area contributed by atoms with Crippen molar-refractivity contribution in [3.63, 3.8) is 0 Å². The predicted molar refractivity (Wildman–Crippen MR) is 61.8 cm³/mol. The Morgan fingerprint density at radius 1 is 1.41 bits per heavy atom. The zero-order valence-corrected chi connectivity index (χ0v) is 10.0. The van der Waals surface area contributed by atoms with Crippen molar-refractivity contribution in [2.75, 3.05) is 13.2 Å². The standard InChI is InChI=1S/C10H12N2O4S/c1-2-11-10(15)12-8(13)6-16-9(14)7-4-3-5-17-7/h3-5H,2,6H2,1H3,(H2,11,12,13,15). The molecule has 7 heteroatoms. The number of carbonyl (C=O) groups excluding carboxylic acids is 3. The van der Waals surface area contributed by atoms with Gasteiger partial charge in [0.1, 0.15) is 4.88 Å². The van der Waals surface area contributed by atoms with Crippen LogP contribution in [0, 0.1) is 0 Å². The Morgan fingerprint density at radius 2 is 2.18 bits per heavy atom. The number of carbonyl (C=O) groups is 3. The van der Waals surface area contributed by atoms with E-state index in [1.807, 2.05) is 5.32 Å². The molecule has 1 heterocycles. The van der Waals surface area contributed by atoms with E-state index in [9.17, 15) is 14.4 Å². The first-order valence-electron chi connectivity index (χ1n) is 4.91. The topological polar surface area (TPSA) is 84.5 Å². The van der Waals surface area contributed by atoms with Crippen molar-refractivity contribution in [2.24, 2.45) is 0 Å². The number of thiophene rings is 1. The average molecular weight is 256 g/mol. The van der Waals surface area contributed by atoms with Crippen LogP contribution in [-0.2, 0) is 9.53 Å². The van der Waals surface area contributed by atoms with Crippen LogP contribution in [0.5, 0.6) is 0 Å². The highest BCUT2D eigenvalue weighted by molar-refractivity contribution is 7.11. The molecule has 0 saturated heterocycles. The lowest BCUT2D eigenvalue weighted by molar-refractivity contribution is -0.123. The van der Waals surface area contributed by atoms with Crippen LogP contribution in [0.1, 0.15) is 16.6 Å². The minimum Gasteiger partial charge on any atom is -0.451 e. The molecule has 1 rings (SSSR count). The Hall–Kier alpha value is -1.89. The summed E-state index contributed by atoms with van der Waals surface area (Å²) in [6.45, 7) is 1.66. The second-order valence-electron chi connectivity index (χ2n) is 2.96. The number of hydrogen-bond donors (Lipinski definition) is 2. The summed E-state index contributed by atoms with van der Waals surface area (Å²) >= 11 is 1.22. The highest BCUT2D eigenvalue weighted by atomic mass is 32.1. The molecule has 3 amide bonds. The zero-order chi connectivity index (χ0) is 12.7. The molecule has 0 unspecified atom stereocenters. The van der Waals surface area contributed by atoms with Crippen LogP contribution in [0.4, 0.5) is 4.79 Å². The van der Waals surface area contributed by atoms with Gasteiger partial charge < -0.3 is 10.1 Å². The van der Waals surface area contributed by atoms with Crippen LogP contribution in [0.15, 0.2) is 17.5 Å². The molecule has 0 radical (unpaired) electrons. The summed E-state index contributed by atoms with van der Waals surface area (Å²) in [6.07, 6.45) is 0. The van der Waals surface area contributed by atoms with Crippen molar-refractivity contribution in [2.45, 2.75) is 6.92 Å². The summed E-state index contributed by atoms with van der Waals surface area (Å²) in [5.74, 6) is -1.24. The molecule has 1 aromatic heterocycles. The number of hydrogen-bond acceptors (Lipinski definition) is 5. The monoisotopic (exact) mass is 256 g/mol. The average Bonchev–Trinajstić information content (AvgIpc) is 2.79. The van der Waals surface area contributed by atoms with Crippen LogP contribution < -0.4 is 10.6 Å². The molecule has 92 valence electrons. The first-order valence-corrected chi connectivity index (χ1v) is 5.79. The molecule has 0 aromatic carbocycles. The van der Waals surface area contributed by atoms with Gasteiger partial charge in [-0.05, 0) is 18.4 Å². The molecule has 0 aliphatic rings. The molecule has 0 atom stereocenters. The first kappa shape index (κ1) is 13.2. The number of rotatable bonds is 4. The van der Waals surface area contributed by atoms with Gasteiger partial charge in [-0.25, -0.2) is 9.59 Å². The van der Waals surface area contributed by atoms with Crippen molar-refractivity contribution in [1.29, 1.82) is 0 Å². The molecular formula is C10H12N2O4S. The van der Waals surface area contributed by atoms with Crippen LogP contribution >= 0.6 is 11.3 Å². The molecule has 0 bridgehead atoms. The van der Waals surface area contributed by atoms with E-state index in [0.29, 0.717) is 11.4 Å². The van der Waals surface area contributed by atoms with Crippen LogP contribution in [0.3, 0.4) is 0 Å². The number of urea groups is 1. The van der Waals surface area contributed by atoms with Crippen LogP contribution in [0.2, 0.25) is 0 Å². The molecule has 0 fully saturated rings. The van der Waals surface area contributed by atoms with Gasteiger partial charge in [0.15, 0.2) is 6.61 Å². The summed E-state index contributed by atoms with van der Waals surface area (Å²) in [5, 5.41) is 6.13. The van der Waals surface area contributed by atoms with E-state index >= 15 is 0 Å². The van der Waals surface area contributed by atoms with Crippen molar-refractivity contribution in [3.05, 3.63) is 22.4 Å². The maximum atomic E-state index is 11.3. The molecular weight excluding hydrogens is 244 g/mol. The molecule has 17 heavy (non-hydrogen) atoms. The fourth-order valence-electron chi connectivity index (χ4n) is 0.964. The van der Waals surface area contributed by atoms with Gasteiger partial charge in [0, 0.05) is 6.54 Å². The number of nitrogens with one attached hydrogen (secondary N) is 2. The third-order valence-corrected chi connectivity index (χ3v) is 2.50. The Labute approximate surface area is 102 Å². The number of imide groups is 1. The van der Waals surface area contributed by atoms with E-state index in [1.54, 1.807) is 24.4 Å². The third kappa shape index (κ3) is 4.64. The van der Waals surface area contributed by atoms with Gasteiger partial charge in [0.05, 0.1) is 0 Å². The van der Waals surface area contributed by atoms with Crippen molar-refractivity contribution in [1.82, 2.24) is 10.6 Å². The van der Waals surface area contributed by atoms with Gasteiger partial charge in [-0.2, -0.15) is 0 Å². The second kappa shape index (κ2) is 6.64. The molecule has 6 nitrogen and oxygen atoms in total. The number of ether oxygens (including phenoxy) is 1. The quantitative estimate of drug-likeness (QED) is 0.778. The van der Waals surface area contributed by atoms with Crippen molar-refractivity contribution < 1.29 is 19.1 Å². The Morgan fingerprint density at radius 3 is 2.76 bits per heavy atom. The number of amides is 3. The van der Waals surface area contributed by atoms with Gasteiger partial charge >= 0.3 is 12.0 Å². The van der Waals surface area contributed by atoms with Gasteiger partial charge in [0.25, 0.3) is 5.91 Å². The SMILES string of the molecule is CCNC(=O)NC(=O)COC(=O)c1cccs1. The summed E-state index contributed by atoms with van der Waals surface area (Å²) < 4.78 is 4.71. The lowest BCUT2D eigenvalue weighted by Crippen LogP contribution is -2.41. The number of esters is 1. The fourth-order valence-corrected chi connectivity index (χ4v) is 1.58. The fraction of sp³-hybridized carbons (Fsp3) is 0.300. The van der Waals surface area contributed by atoms with E-state index in [4.69, 9.17) is 4.74 Å². The first-order chi connectivity index (χ1) is 8.13. The molecule has 0 aliphatic heterocycles. The van der Waals surface area contributed by atoms with Gasteiger partial charge in [0.2, 0.25) is 0 Å². The molecule has 0 saturated carbocycles. The molecule has 0 aliphatic carbocycles. The van der Waals surface area contributed by atoms with E-state index < -0.39 is 24.5 Å². The van der Waals surface area contributed by atoms with Gasteiger partial charge in [-0.15, -0.1) is 11.3 Å². The highest BCUT2D eigenvalue weighted by Crippen LogP contribution is 2.09. The van der Waals surface area contributed by atoms with Crippen molar-refractivity contribution in [3.8, 4) is 0 Å². The van der Waals surface area contributed by atoms with Crippen LogP contribution in [0.25, 0.3) is 0 Å². The lowest BCUT2D eigenvalue weighted by atomic mass is 10.5. The largest absolute Gasteiger partial charge is 0.451 e. The van der Waals surface area contributed by atoms with Gasteiger partial charge in [-0.3, -0.25) is 10.1 Å². The second-order valence-corrected chi connectivity index (χ2v) is 3.91. The summed E-state index contributed by atoms with van der Waals surface area (Å²) in [5.41, 5.74) is 0. The maximum absolute atomic E-state index is 11.3. The minimum atomic E-state index is -0.666. The highest BCUT2D eigenvalue weighted by Gasteiger charge is 2.12. The molecule has 2 N–H and O–H groups in total. The Balaban J connectivity index is 2.29. The van der Waals surface area contributed by atoms with Crippen LogP contribution in [-0.4, -0.2) is 31.1 Å². The molecule has 1 aromatic rings. The Kier molecular flexibility index (Phi) is 5.15. The van der Waals surface area contributed by atoms with Crippen molar-refractivity contribution >= 4 is 29.2 Å². The van der Waals surface area contributed by atoms with Gasteiger partial charge in [-0.1, -0.05) is 6.07 Å². The smallest absolute Gasteiger partial charge is 0.348 e. The van der Waals surface area contributed by atoms with E-state index in [-0.39, 0.29) is 0 Å². The van der Waals surface area contributed by atoms with E-state index in [1.165, 1.54) is 11.3 Å². The predicted octanol–water partition coefficient (Wildman–Crippen LogP) is 0.751. The third-order valence-electron chi connectivity index (χ3n) is 1.65. The molecule has 0 spiro atoms. The summed E-state index contributed by atoms with van der Waals surface area (Å²) in [6, 6.07) is 2.69. The van der Waals surface area contributed by atoms with E-state index in [0.717, 1.165) is 0 Å². The van der Waals surface area contributed by atoms with E-state index in [2.05, 4.69) is 5.32 Å². The maximum Gasteiger partial charge on any atom is 0.348 e. The minimum absolute atomic E-state index is 0.411. The summed E-state index contributed by atoms with van der Waals surface area (Å²) in [4.78, 5) is 33.8. The lowest BCUT2D eigenvalue weighted by Gasteiger charge is -2.05.